The molecule has 0 unspecified atom stereocenters. The van der Waals surface area contributed by atoms with Gasteiger partial charge in [-0.05, 0) is 64.1 Å². The Morgan fingerprint density at radius 2 is 1.95 bits per heavy atom. The maximum absolute atomic E-state index is 14.7. The zero-order valence-electron chi connectivity index (χ0n) is 21.6. The summed E-state index contributed by atoms with van der Waals surface area (Å²) in [4.78, 5) is 34.0. The largest absolute Gasteiger partial charge is 0.390 e. The maximum Gasteiger partial charge on any atom is 0.274 e. The Morgan fingerprint density at radius 1 is 1.18 bits per heavy atom. The Morgan fingerprint density at radius 3 is 2.66 bits per heavy atom. The number of amides is 2. The van der Waals surface area contributed by atoms with E-state index in [1.54, 1.807) is 31.3 Å². The van der Waals surface area contributed by atoms with E-state index >= 15 is 0 Å². The fraction of sp³-hybridized carbons (Fsp3) is 0.357. The normalized spacial score (nSPS) is 23.2. The Kier molecular flexibility index (Phi) is 7.86. The molecule has 2 amide bonds. The molecule has 0 spiro atoms. The van der Waals surface area contributed by atoms with Crippen molar-refractivity contribution < 1.29 is 28.9 Å². The third-order valence-corrected chi connectivity index (χ3v) is 6.66. The van der Waals surface area contributed by atoms with Crippen LogP contribution in [-0.2, 0) is 4.74 Å². The van der Waals surface area contributed by atoms with Crippen LogP contribution in [-0.4, -0.2) is 55.8 Å². The smallest absolute Gasteiger partial charge is 0.274 e. The molecule has 10 heteroatoms. The molecule has 4 N–H and O–H groups in total. The van der Waals surface area contributed by atoms with E-state index in [1.807, 2.05) is 13.8 Å². The summed E-state index contributed by atoms with van der Waals surface area (Å²) in [5.41, 5.74) is 0.109. The number of hydrogen-bond donors (Lipinski definition) is 4. The van der Waals surface area contributed by atoms with Gasteiger partial charge in [0.25, 0.3) is 11.8 Å². The maximum atomic E-state index is 14.7. The highest BCUT2D eigenvalue weighted by atomic mass is 19.1. The monoisotopic (exact) mass is 522 g/mol. The van der Waals surface area contributed by atoms with Crippen LogP contribution >= 0.6 is 0 Å². The van der Waals surface area contributed by atoms with Crippen molar-refractivity contribution in [2.75, 3.05) is 5.32 Å². The van der Waals surface area contributed by atoms with Crippen LogP contribution in [0.4, 0.5) is 10.1 Å². The van der Waals surface area contributed by atoms with Crippen LogP contribution in [0.5, 0.6) is 0 Å². The number of pyridine rings is 2. The number of hydrogen-bond acceptors (Lipinski definition) is 7. The second-order valence-electron chi connectivity index (χ2n) is 9.89. The number of carbonyl (C=O) groups is 2. The summed E-state index contributed by atoms with van der Waals surface area (Å²) in [5, 5.41) is 26.4. The number of aromatic nitrogens is 2. The topological polar surface area (TPSA) is 134 Å². The number of rotatable bonds is 6. The lowest BCUT2D eigenvalue weighted by Crippen LogP contribution is -2.54. The summed E-state index contributed by atoms with van der Waals surface area (Å²) < 4.78 is 20.7. The molecule has 2 aromatic heterocycles. The van der Waals surface area contributed by atoms with Gasteiger partial charge in [0.1, 0.15) is 17.1 Å². The molecular formula is C28H31FN4O5. The van der Waals surface area contributed by atoms with Gasteiger partial charge in [-0.15, -0.1) is 0 Å². The van der Waals surface area contributed by atoms with Gasteiger partial charge in [-0.2, -0.15) is 0 Å². The average molecular weight is 523 g/mol. The predicted molar refractivity (Wildman–Crippen MR) is 139 cm³/mol. The van der Waals surface area contributed by atoms with Gasteiger partial charge in [-0.3, -0.25) is 14.6 Å². The first-order chi connectivity index (χ1) is 18.0. The van der Waals surface area contributed by atoms with E-state index in [0.29, 0.717) is 11.3 Å². The molecule has 4 atom stereocenters. The molecule has 3 aromatic rings. The first kappa shape index (κ1) is 27.3. The van der Waals surface area contributed by atoms with Gasteiger partial charge in [0.15, 0.2) is 0 Å². The molecule has 0 saturated carbocycles. The number of nitrogens with zero attached hydrogens (tertiary/aromatic N) is 2. The molecular weight excluding hydrogens is 491 g/mol. The number of ether oxygens (including phenoxy) is 1. The first-order valence-electron chi connectivity index (χ1n) is 12.4. The lowest BCUT2D eigenvalue weighted by Gasteiger charge is -2.43. The van der Waals surface area contributed by atoms with Crippen LogP contribution in [0.3, 0.4) is 0 Å². The van der Waals surface area contributed by atoms with E-state index in [1.165, 1.54) is 37.4 Å². The summed E-state index contributed by atoms with van der Waals surface area (Å²) in [6.45, 7) is 6.84. The highest BCUT2D eigenvalue weighted by Gasteiger charge is 2.44. The van der Waals surface area contributed by atoms with Crippen molar-refractivity contribution >= 4 is 17.5 Å². The molecule has 4 rings (SSSR count). The van der Waals surface area contributed by atoms with E-state index in [2.05, 4.69) is 20.6 Å². The van der Waals surface area contributed by atoms with Gasteiger partial charge in [0.05, 0.1) is 35.9 Å². The first-order valence-corrected chi connectivity index (χ1v) is 12.4. The lowest BCUT2D eigenvalue weighted by molar-refractivity contribution is -0.215. The predicted octanol–water partition coefficient (Wildman–Crippen LogP) is 3.64. The molecule has 3 heterocycles. The van der Waals surface area contributed by atoms with Gasteiger partial charge in [-0.1, -0.05) is 6.07 Å². The van der Waals surface area contributed by atoms with E-state index in [4.69, 9.17) is 4.74 Å². The number of aliphatic hydroxyl groups is 2. The van der Waals surface area contributed by atoms with Crippen molar-refractivity contribution in [2.24, 2.45) is 0 Å². The van der Waals surface area contributed by atoms with Crippen molar-refractivity contribution in [3.8, 4) is 11.3 Å². The summed E-state index contributed by atoms with van der Waals surface area (Å²) in [6, 6.07) is 10.2. The van der Waals surface area contributed by atoms with Gasteiger partial charge in [0.2, 0.25) is 0 Å². The van der Waals surface area contributed by atoms with Gasteiger partial charge >= 0.3 is 0 Å². The zero-order valence-corrected chi connectivity index (χ0v) is 21.6. The third-order valence-electron chi connectivity index (χ3n) is 6.66. The van der Waals surface area contributed by atoms with Crippen molar-refractivity contribution in [1.29, 1.82) is 0 Å². The van der Waals surface area contributed by atoms with E-state index in [-0.39, 0.29) is 40.9 Å². The summed E-state index contributed by atoms with van der Waals surface area (Å²) in [5.74, 6) is -1.49. The van der Waals surface area contributed by atoms with Crippen molar-refractivity contribution in [2.45, 2.75) is 64.1 Å². The summed E-state index contributed by atoms with van der Waals surface area (Å²) in [7, 11) is 0. The summed E-state index contributed by atoms with van der Waals surface area (Å²) >= 11 is 0. The Hall–Kier alpha value is -3.73. The molecule has 1 aromatic carbocycles. The van der Waals surface area contributed by atoms with E-state index in [0.717, 1.165) is 0 Å². The molecule has 1 saturated heterocycles. The number of carbonyl (C=O) groups excluding carboxylic acids is 2. The standard InChI is InChI=1S/C28H31FN4O5/c1-15(2)31-26(35)17-8-9-20(29)19(12-17)21-6-5-7-22(32-21)27(36)33-23-14-30-11-10-18(23)24-13-25(34)28(4,37)16(3)38-24/h5-12,14-16,24-25,34,37H,13H2,1-4H3,(H,31,35)(H,33,36)/t16-,24-,25-,28-/m1/s1. The van der Waals surface area contributed by atoms with Crippen LogP contribution < -0.4 is 10.6 Å². The van der Waals surface area contributed by atoms with Crippen molar-refractivity contribution in [1.82, 2.24) is 15.3 Å². The average Bonchev–Trinajstić information content (AvgIpc) is 2.87. The van der Waals surface area contributed by atoms with Crippen molar-refractivity contribution in [3.05, 3.63) is 77.5 Å². The number of benzene rings is 1. The highest BCUT2D eigenvalue weighted by Crippen LogP contribution is 2.39. The minimum atomic E-state index is -1.40. The number of anilines is 1. The van der Waals surface area contributed by atoms with Crippen LogP contribution in [0.1, 0.15) is 66.6 Å². The fourth-order valence-corrected chi connectivity index (χ4v) is 4.25. The molecule has 1 aliphatic rings. The van der Waals surface area contributed by atoms with Crippen LogP contribution in [0.15, 0.2) is 54.9 Å². The molecule has 9 nitrogen and oxygen atoms in total. The molecule has 0 aliphatic carbocycles. The molecule has 0 radical (unpaired) electrons. The van der Waals surface area contributed by atoms with E-state index in [9.17, 15) is 24.2 Å². The Bertz CT molecular complexity index is 1330. The molecule has 38 heavy (non-hydrogen) atoms. The number of aliphatic hydroxyl groups excluding tert-OH is 1. The Balaban J connectivity index is 1.58. The summed E-state index contributed by atoms with van der Waals surface area (Å²) in [6.07, 6.45) is 0.854. The van der Waals surface area contributed by atoms with Crippen LogP contribution in [0, 0.1) is 5.82 Å². The highest BCUT2D eigenvalue weighted by molar-refractivity contribution is 6.03. The third kappa shape index (κ3) is 5.72. The van der Waals surface area contributed by atoms with Gasteiger partial charge in [-0.25, -0.2) is 9.37 Å². The molecule has 1 aliphatic heterocycles. The van der Waals surface area contributed by atoms with E-state index < -0.39 is 35.6 Å². The van der Waals surface area contributed by atoms with Crippen LogP contribution in [0.25, 0.3) is 11.3 Å². The van der Waals surface area contributed by atoms with Crippen molar-refractivity contribution in [3.63, 3.8) is 0 Å². The quantitative estimate of drug-likeness (QED) is 0.388. The van der Waals surface area contributed by atoms with Crippen LogP contribution in [0.2, 0.25) is 0 Å². The second-order valence-corrected chi connectivity index (χ2v) is 9.89. The zero-order chi connectivity index (χ0) is 27.6. The molecule has 200 valence electrons. The number of halogens is 1. The number of nitrogens with one attached hydrogen (secondary N) is 2. The second kappa shape index (κ2) is 10.9. The lowest BCUT2D eigenvalue weighted by atomic mass is 9.84. The SMILES string of the molecule is CC(C)NC(=O)c1ccc(F)c(-c2cccc(C(=O)Nc3cnccc3[C@H]3C[C@@H](O)[C@](C)(O)[C@@H](C)O3)n2)c1. The minimum Gasteiger partial charge on any atom is -0.390 e. The van der Waals surface area contributed by atoms with Gasteiger partial charge < -0.3 is 25.6 Å². The molecule has 1 fully saturated rings. The fourth-order valence-electron chi connectivity index (χ4n) is 4.25. The Labute approximate surface area is 220 Å². The minimum absolute atomic E-state index is 0.0228. The van der Waals surface area contributed by atoms with Gasteiger partial charge in [0, 0.05) is 35.3 Å². The molecule has 0 bridgehead atoms.